The van der Waals surface area contributed by atoms with Crippen LogP contribution in [0.15, 0.2) is 18.2 Å². The maximum Gasteiger partial charge on any atom is 0.246 e. The summed E-state index contributed by atoms with van der Waals surface area (Å²) < 4.78 is 0. The highest BCUT2D eigenvalue weighted by Gasteiger charge is 2.40. The molecule has 0 atom stereocenters. The molecule has 6 heteroatoms. The van der Waals surface area contributed by atoms with Crippen LogP contribution in [0.25, 0.3) is 0 Å². The number of nitrogens with zero attached hydrogens (tertiary/aromatic N) is 2. The topological polar surface area (TPSA) is 74.3 Å². The normalized spacial score (nSPS) is 18.8. The number of hydrogen-bond donors (Lipinski definition) is 2. The molecular weight excluding hydrogens is 256 g/mol. The third-order valence-electron chi connectivity index (χ3n) is 3.45. The molecule has 0 unspecified atom stereocenters. The largest absolute Gasteiger partial charge is 0.370 e. The number of rotatable bonds is 4. The van der Waals surface area contributed by atoms with Gasteiger partial charge in [0.1, 0.15) is 5.82 Å². The van der Waals surface area contributed by atoms with E-state index in [0.29, 0.717) is 6.54 Å². The summed E-state index contributed by atoms with van der Waals surface area (Å²) in [5.41, 5.74) is 0.114. The smallest absolute Gasteiger partial charge is 0.246 e. The van der Waals surface area contributed by atoms with Crippen molar-refractivity contribution in [2.75, 3.05) is 18.4 Å². The summed E-state index contributed by atoms with van der Waals surface area (Å²) in [6, 6.07) is 5.71. The molecule has 0 radical (unpaired) electrons. The number of carbonyl (C=O) groups is 2. The molecule has 1 aliphatic rings. The molecule has 2 heterocycles. The van der Waals surface area contributed by atoms with E-state index >= 15 is 0 Å². The van der Waals surface area contributed by atoms with E-state index in [1.807, 2.05) is 43.9 Å². The summed E-state index contributed by atoms with van der Waals surface area (Å²) >= 11 is 0. The van der Waals surface area contributed by atoms with Crippen LogP contribution < -0.4 is 10.6 Å². The molecule has 2 rings (SSSR count). The summed E-state index contributed by atoms with van der Waals surface area (Å²) in [6.45, 7) is 7.08. The zero-order valence-electron chi connectivity index (χ0n) is 12.1. The number of nitrogens with one attached hydrogen (secondary N) is 2. The van der Waals surface area contributed by atoms with Crippen LogP contribution in [0.3, 0.4) is 0 Å². The minimum absolute atomic E-state index is 0.200. The molecule has 2 N–H and O–H groups in total. The number of anilines is 1. The van der Waals surface area contributed by atoms with Gasteiger partial charge in [-0.1, -0.05) is 6.07 Å². The quantitative estimate of drug-likeness (QED) is 0.794. The van der Waals surface area contributed by atoms with Crippen LogP contribution in [-0.4, -0.2) is 40.3 Å². The van der Waals surface area contributed by atoms with Crippen molar-refractivity contribution in [1.29, 1.82) is 0 Å². The summed E-state index contributed by atoms with van der Waals surface area (Å²) in [4.78, 5) is 29.7. The van der Waals surface area contributed by atoms with Crippen LogP contribution in [0.4, 0.5) is 5.82 Å². The first-order valence-electron chi connectivity index (χ1n) is 6.72. The van der Waals surface area contributed by atoms with Crippen molar-refractivity contribution in [2.24, 2.45) is 0 Å². The molecular formula is C14H20N4O2. The number of aromatic nitrogens is 1. The first-order valence-corrected chi connectivity index (χ1v) is 6.72. The van der Waals surface area contributed by atoms with Crippen molar-refractivity contribution in [3.8, 4) is 0 Å². The monoisotopic (exact) mass is 276 g/mol. The molecule has 1 aromatic heterocycles. The van der Waals surface area contributed by atoms with Gasteiger partial charge in [0.15, 0.2) is 0 Å². The van der Waals surface area contributed by atoms with E-state index in [0.717, 1.165) is 18.1 Å². The first kappa shape index (κ1) is 14.5. The molecule has 2 amide bonds. The van der Waals surface area contributed by atoms with Crippen molar-refractivity contribution >= 4 is 17.6 Å². The molecule has 0 aromatic carbocycles. The minimum Gasteiger partial charge on any atom is -0.370 e. The molecule has 1 fully saturated rings. The van der Waals surface area contributed by atoms with Crippen molar-refractivity contribution in [3.05, 3.63) is 23.9 Å². The van der Waals surface area contributed by atoms with E-state index in [1.165, 1.54) is 0 Å². The van der Waals surface area contributed by atoms with Gasteiger partial charge >= 0.3 is 0 Å². The van der Waals surface area contributed by atoms with E-state index in [2.05, 4.69) is 15.6 Å². The zero-order valence-corrected chi connectivity index (χ0v) is 12.1. The van der Waals surface area contributed by atoms with Crippen LogP contribution in [0, 0.1) is 0 Å². The highest BCUT2D eigenvalue weighted by molar-refractivity contribution is 6.02. The average Bonchev–Trinajstić information content (AvgIpc) is 2.37. The fraction of sp³-hybridized carbons (Fsp3) is 0.500. The van der Waals surface area contributed by atoms with Gasteiger partial charge in [-0.2, -0.15) is 0 Å². The fourth-order valence-electron chi connectivity index (χ4n) is 2.13. The third kappa shape index (κ3) is 2.96. The second-order valence-electron chi connectivity index (χ2n) is 5.34. The predicted octanol–water partition coefficient (Wildman–Crippen LogP) is 0.750. The molecule has 1 aromatic rings. The number of piperazine rings is 1. The Morgan fingerprint density at radius 3 is 2.85 bits per heavy atom. The van der Waals surface area contributed by atoms with Crippen LogP contribution in [0.2, 0.25) is 0 Å². The van der Waals surface area contributed by atoms with Crippen LogP contribution in [0.1, 0.15) is 26.5 Å². The summed E-state index contributed by atoms with van der Waals surface area (Å²) in [6.07, 6.45) is 0. The van der Waals surface area contributed by atoms with Gasteiger partial charge in [0.05, 0.1) is 17.8 Å². The van der Waals surface area contributed by atoms with Gasteiger partial charge in [0.2, 0.25) is 11.8 Å². The Morgan fingerprint density at radius 2 is 2.15 bits per heavy atom. The summed E-state index contributed by atoms with van der Waals surface area (Å²) in [7, 11) is 0. The van der Waals surface area contributed by atoms with Crippen LogP contribution in [0.5, 0.6) is 0 Å². The Kier molecular flexibility index (Phi) is 4.04. The van der Waals surface area contributed by atoms with Gasteiger partial charge in [-0.3, -0.25) is 19.8 Å². The second kappa shape index (κ2) is 5.58. The fourth-order valence-corrected chi connectivity index (χ4v) is 2.13. The van der Waals surface area contributed by atoms with E-state index in [-0.39, 0.29) is 18.4 Å². The van der Waals surface area contributed by atoms with Crippen molar-refractivity contribution < 1.29 is 9.59 Å². The Balaban J connectivity index is 2.17. The Bertz CT molecular complexity index is 528. The Hall–Kier alpha value is -1.95. The predicted molar refractivity (Wildman–Crippen MR) is 76.0 cm³/mol. The Morgan fingerprint density at radius 1 is 1.40 bits per heavy atom. The third-order valence-corrected chi connectivity index (χ3v) is 3.45. The molecule has 0 bridgehead atoms. The number of pyridine rings is 1. The molecule has 0 aliphatic carbocycles. The second-order valence-corrected chi connectivity index (χ2v) is 5.34. The number of carbonyl (C=O) groups excluding carboxylic acids is 2. The van der Waals surface area contributed by atoms with E-state index in [4.69, 9.17) is 0 Å². The highest BCUT2D eigenvalue weighted by Crippen LogP contribution is 2.20. The van der Waals surface area contributed by atoms with Crippen molar-refractivity contribution in [1.82, 2.24) is 15.2 Å². The first-order chi connectivity index (χ1) is 9.43. The molecule has 1 saturated heterocycles. The van der Waals surface area contributed by atoms with Gasteiger partial charge in [0.25, 0.3) is 0 Å². The van der Waals surface area contributed by atoms with Gasteiger partial charge in [-0.15, -0.1) is 0 Å². The molecule has 20 heavy (non-hydrogen) atoms. The lowest BCUT2D eigenvalue weighted by molar-refractivity contribution is -0.145. The maximum atomic E-state index is 11.9. The van der Waals surface area contributed by atoms with Gasteiger partial charge in [-0.05, 0) is 32.9 Å². The lowest BCUT2D eigenvalue weighted by Crippen LogP contribution is -2.63. The molecule has 108 valence electrons. The lowest BCUT2D eigenvalue weighted by Gasteiger charge is -2.39. The van der Waals surface area contributed by atoms with Gasteiger partial charge in [-0.25, -0.2) is 4.98 Å². The lowest BCUT2D eigenvalue weighted by atomic mass is 9.98. The summed E-state index contributed by atoms with van der Waals surface area (Å²) in [5.74, 6) is 0.268. The van der Waals surface area contributed by atoms with Crippen LogP contribution in [-0.2, 0) is 16.1 Å². The maximum absolute atomic E-state index is 11.9. The average molecular weight is 276 g/mol. The van der Waals surface area contributed by atoms with E-state index in [1.54, 1.807) is 0 Å². The van der Waals surface area contributed by atoms with Crippen molar-refractivity contribution in [3.63, 3.8) is 0 Å². The van der Waals surface area contributed by atoms with Gasteiger partial charge in [0, 0.05) is 13.1 Å². The molecule has 0 saturated carbocycles. The van der Waals surface area contributed by atoms with E-state index in [9.17, 15) is 9.59 Å². The summed E-state index contributed by atoms with van der Waals surface area (Å²) in [5, 5.41) is 5.51. The standard InChI is InChI=1S/C14H20N4O2/c1-4-15-11-7-5-6-10(16-11)8-18-9-12(19)17-13(20)14(18,2)3/h5-7H,4,8-9H2,1-3H3,(H,15,16)(H,17,19,20). The zero-order chi connectivity index (χ0) is 14.8. The van der Waals surface area contributed by atoms with Gasteiger partial charge < -0.3 is 5.32 Å². The SMILES string of the molecule is CCNc1cccc(CN2CC(=O)NC(=O)C2(C)C)n1. The van der Waals surface area contributed by atoms with E-state index < -0.39 is 5.54 Å². The number of imide groups is 1. The number of hydrogen-bond acceptors (Lipinski definition) is 5. The van der Waals surface area contributed by atoms with Crippen LogP contribution >= 0.6 is 0 Å². The van der Waals surface area contributed by atoms with Crippen molar-refractivity contribution in [2.45, 2.75) is 32.9 Å². The molecule has 6 nitrogen and oxygen atoms in total. The molecule has 1 aliphatic heterocycles. The highest BCUT2D eigenvalue weighted by atomic mass is 16.2. The minimum atomic E-state index is -0.718. The number of amides is 2. The molecule has 0 spiro atoms. The Labute approximate surface area is 118 Å².